The first-order valence-corrected chi connectivity index (χ1v) is 7.54. The molecule has 0 aromatic carbocycles. The molecule has 19 heavy (non-hydrogen) atoms. The van der Waals surface area contributed by atoms with Crippen molar-refractivity contribution in [2.75, 3.05) is 17.7 Å². The Morgan fingerprint density at radius 3 is 2.84 bits per heavy atom. The Bertz CT molecular complexity index is 651. The molecule has 3 heterocycles. The number of aromatic nitrogens is 3. The van der Waals surface area contributed by atoms with Gasteiger partial charge in [-0.3, -0.25) is 0 Å². The minimum absolute atomic E-state index is 0.132. The average Bonchev–Trinajstić information content (AvgIpc) is 2.42. The summed E-state index contributed by atoms with van der Waals surface area (Å²) in [5.74, 6) is 0.0964. The molecular formula is C12H12ClFN4S. The van der Waals surface area contributed by atoms with E-state index in [1.54, 1.807) is 6.20 Å². The number of rotatable bonds is 2. The zero-order valence-electron chi connectivity index (χ0n) is 10.5. The van der Waals surface area contributed by atoms with Crippen LogP contribution in [0.2, 0.25) is 5.15 Å². The first-order chi connectivity index (χ1) is 9.11. The second-order valence-corrected chi connectivity index (χ2v) is 5.62. The zero-order valence-corrected chi connectivity index (χ0v) is 12.1. The van der Waals surface area contributed by atoms with Crippen LogP contribution < -0.4 is 4.90 Å². The number of halogens is 2. The molecule has 1 saturated heterocycles. The summed E-state index contributed by atoms with van der Waals surface area (Å²) in [6, 6.07) is 0.387. The number of anilines is 1. The van der Waals surface area contributed by atoms with Crippen LogP contribution in [0.25, 0.3) is 10.9 Å². The molecule has 4 nitrogen and oxygen atoms in total. The SMILES string of the molecule is CSc1ncc2c(N3CC[C@@H]3C)nc(Cl)c(F)c2n1. The highest BCUT2D eigenvalue weighted by Crippen LogP contribution is 2.34. The second-order valence-electron chi connectivity index (χ2n) is 4.49. The lowest BCUT2D eigenvalue weighted by molar-refractivity contribution is 0.477. The number of hydrogen-bond donors (Lipinski definition) is 0. The van der Waals surface area contributed by atoms with Gasteiger partial charge in [-0.15, -0.1) is 0 Å². The molecular weight excluding hydrogens is 287 g/mol. The van der Waals surface area contributed by atoms with E-state index in [1.807, 2.05) is 6.26 Å². The number of pyridine rings is 1. The molecule has 0 unspecified atom stereocenters. The van der Waals surface area contributed by atoms with Crippen LogP contribution in [-0.2, 0) is 0 Å². The topological polar surface area (TPSA) is 41.9 Å². The minimum atomic E-state index is -0.578. The summed E-state index contributed by atoms with van der Waals surface area (Å²) >= 11 is 7.25. The third-order valence-corrected chi connectivity index (χ3v) is 4.19. The van der Waals surface area contributed by atoms with Crippen LogP contribution in [0.5, 0.6) is 0 Å². The van der Waals surface area contributed by atoms with Crippen LogP contribution in [0.1, 0.15) is 13.3 Å². The lowest BCUT2D eigenvalue weighted by Crippen LogP contribution is -2.46. The van der Waals surface area contributed by atoms with Crippen LogP contribution in [0, 0.1) is 5.82 Å². The molecule has 2 aromatic heterocycles. The van der Waals surface area contributed by atoms with Gasteiger partial charge in [-0.25, -0.2) is 19.3 Å². The number of fused-ring (bicyclic) bond motifs is 1. The van der Waals surface area contributed by atoms with Crippen LogP contribution in [-0.4, -0.2) is 33.8 Å². The van der Waals surface area contributed by atoms with Gasteiger partial charge in [0.1, 0.15) is 11.3 Å². The Morgan fingerprint density at radius 2 is 2.26 bits per heavy atom. The van der Waals surface area contributed by atoms with Crippen molar-refractivity contribution in [1.29, 1.82) is 0 Å². The van der Waals surface area contributed by atoms with Crippen LogP contribution in [0.3, 0.4) is 0 Å². The summed E-state index contributed by atoms with van der Waals surface area (Å²) in [7, 11) is 0. The molecule has 0 aliphatic carbocycles. The summed E-state index contributed by atoms with van der Waals surface area (Å²) in [5.41, 5.74) is 0.244. The number of hydrogen-bond acceptors (Lipinski definition) is 5. The van der Waals surface area contributed by atoms with E-state index in [2.05, 4.69) is 26.8 Å². The summed E-state index contributed by atoms with van der Waals surface area (Å²) < 4.78 is 14.1. The summed E-state index contributed by atoms with van der Waals surface area (Å²) in [4.78, 5) is 14.7. The van der Waals surface area contributed by atoms with E-state index in [9.17, 15) is 4.39 Å². The Kier molecular flexibility index (Phi) is 3.22. The van der Waals surface area contributed by atoms with Gasteiger partial charge in [-0.2, -0.15) is 0 Å². The molecule has 1 fully saturated rings. The van der Waals surface area contributed by atoms with Gasteiger partial charge in [0.05, 0.1) is 5.39 Å². The maximum absolute atomic E-state index is 14.1. The molecule has 100 valence electrons. The van der Waals surface area contributed by atoms with E-state index < -0.39 is 5.82 Å². The standard InChI is InChI=1S/C12H12ClFN4S/c1-6-3-4-18(6)11-7-5-15-12(19-2)16-9(7)8(14)10(13)17-11/h5-6H,3-4H2,1-2H3/t6-/m0/s1. The maximum Gasteiger partial charge on any atom is 0.187 e. The van der Waals surface area contributed by atoms with E-state index >= 15 is 0 Å². The Labute approximate surface area is 119 Å². The smallest absolute Gasteiger partial charge is 0.187 e. The normalized spacial score (nSPS) is 18.7. The van der Waals surface area contributed by atoms with Gasteiger partial charge in [0, 0.05) is 18.8 Å². The fraction of sp³-hybridized carbons (Fsp3) is 0.417. The number of nitrogens with zero attached hydrogens (tertiary/aromatic N) is 4. The van der Waals surface area contributed by atoms with Gasteiger partial charge in [-0.1, -0.05) is 23.4 Å². The van der Waals surface area contributed by atoms with Crippen molar-refractivity contribution >= 4 is 40.1 Å². The summed E-state index contributed by atoms with van der Waals surface area (Å²) in [6.45, 7) is 3.00. The van der Waals surface area contributed by atoms with Gasteiger partial charge in [0.25, 0.3) is 0 Å². The molecule has 1 aliphatic heterocycles. The van der Waals surface area contributed by atoms with E-state index in [0.29, 0.717) is 22.4 Å². The van der Waals surface area contributed by atoms with Crippen LogP contribution >= 0.6 is 23.4 Å². The monoisotopic (exact) mass is 298 g/mol. The molecule has 7 heteroatoms. The van der Waals surface area contributed by atoms with Crippen molar-refractivity contribution in [2.24, 2.45) is 0 Å². The molecule has 0 amide bonds. The van der Waals surface area contributed by atoms with Crippen molar-refractivity contribution in [1.82, 2.24) is 15.0 Å². The average molecular weight is 299 g/mol. The Balaban J connectivity index is 2.25. The Hall–Kier alpha value is -1.14. The highest BCUT2D eigenvalue weighted by molar-refractivity contribution is 7.98. The zero-order chi connectivity index (χ0) is 13.6. The van der Waals surface area contributed by atoms with Crippen LogP contribution in [0.4, 0.5) is 10.2 Å². The van der Waals surface area contributed by atoms with Gasteiger partial charge in [0.15, 0.2) is 16.1 Å². The largest absolute Gasteiger partial charge is 0.353 e. The first kappa shape index (κ1) is 12.9. The molecule has 3 rings (SSSR count). The molecule has 2 aromatic rings. The lowest BCUT2D eigenvalue weighted by Gasteiger charge is -2.40. The van der Waals surface area contributed by atoms with Crippen molar-refractivity contribution in [3.05, 3.63) is 17.2 Å². The van der Waals surface area contributed by atoms with Gasteiger partial charge >= 0.3 is 0 Å². The predicted octanol–water partition coefficient (Wildman–Crippen LogP) is 3.14. The summed E-state index contributed by atoms with van der Waals surface area (Å²) in [6.07, 6.45) is 4.57. The molecule has 0 bridgehead atoms. The van der Waals surface area contributed by atoms with Crippen molar-refractivity contribution in [2.45, 2.75) is 24.5 Å². The third kappa shape index (κ3) is 2.03. The highest BCUT2D eigenvalue weighted by atomic mass is 35.5. The fourth-order valence-electron chi connectivity index (χ4n) is 2.14. The molecule has 1 atom stereocenters. The lowest BCUT2D eigenvalue weighted by atomic mass is 10.0. The summed E-state index contributed by atoms with van der Waals surface area (Å²) in [5, 5.41) is 1.01. The van der Waals surface area contributed by atoms with Crippen LogP contribution in [0.15, 0.2) is 11.4 Å². The Morgan fingerprint density at radius 1 is 1.47 bits per heavy atom. The van der Waals surface area contributed by atoms with E-state index in [4.69, 9.17) is 11.6 Å². The van der Waals surface area contributed by atoms with E-state index in [1.165, 1.54) is 11.8 Å². The molecule has 1 aliphatic rings. The van der Waals surface area contributed by atoms with E-state index in [-0.39, 0.29) is 10.7 Å². The quantitative estimate of drug-likeness (QED) is 0.484. The van der Waals surface area contributed by atoms with Crippen molar-refractivity contribution in [3.8, 4) is 0 Å². The maximum atomic E-state index is 14.1. The van der Waals surface area contributed by atoms with Gasteiger partial charge in [-0.05, 0) is 19.6 Å². The van der Waals surface area contributed by atoms with E-state index in [0.717, 1.165) is 13.0 Å². The molecule has 0 N–H and O–H groups in total. The van der Waals surface area contributed by atoms with Gasteiger partial charge < -0.3 is 4.90 Å². The third-order valence-electron chi connectivity index (χ3n) is 3.38. The highest BCUT2D eigenvalue weighted by Gasteiger charge is 2.28. The second kappa shape index (κ2) is 4.76. The molecule has 0 saturated carbocycles. The first-order valence-electron chi connectivity index (χ1n) is 5.94. The number of thioether (sulfide) groups is 1. The fourth-order valence-corrected chi connectivity index (χ4v) is 2.66. The van der Waals surface area contributed by atoms with Gasteiger partial charge in [0.2, 0.25) is 0 Å². The molecule has 0 spiro atoms. The minimum Gasteiger partial charge on any atom is -0.353 e. The molecule has 0 radical (unpaired) electrons. The van der Waals surface area contributed by atoms with Crippen molar-refractivity contribution in [3.63, 3.8) is 0 Å². The predicted molar refractivity (Wildman–Crippen MR) is 75.5 cm³/mol. The van der Waals surface area contributed by atoms with Crippen molar-refractivity contribution < 1.29 is 4.39 Å².